The Hall–Kier alpha value is -1.31. The van der Waals surface area contributed by atoms with Crippen LogP contribution in [-0.2, 0) is 17.4 Å². The fraction of sp³-hybridized carbons (Fsp3) is 0.381. The van der Waals surface area contributed by atoms with E-state index in [1.54, 1.807) is 28.6 Å². The summed E-state index contributed by atoms with van der Waals surface area (Å²) in [6.07, 6.45) is 2.42. The number of para-hydroxylation sites is 1. The summed E-state index contributed by atoms with van der Waals surface area (Å²) in [7, 11) is 0.544. The number of benzene rings is 2. The maximum absolute atomic E-state index is 13.0. The van der Waals surface area contributed by atoms with Gasteiger partial charge in [0.15, 0.2) is 0 Å². The summed E-state index contributed by atoms with van der Waals surface area (Å²) in [5.41, 5.74) is 3.31. The molecule has 2 aromatic carbocycles. The number of halogens is 1. The highest BCUT2D eigenvalue weighted by molar-refractivity contribution is 9.09. The molecule has 0 bridgehead atoms. The molecule has 1 aliphatic rings. The third-order valence-corrected chi connectivity index (χ3v) is 5.31. The van der Waals surface area contributed by atoms with Crippen LogP contribution in [0, 0.1) is 0 Å². The molecule has 0 aromatic heterocycles. The minimum atomic E-state index is -1.19. The Bertz CT molecular complexity index is 815. The monoisotopic (exact) mass is 484 g/mol. The molecular weight excluding hydrogens is 456 g/mol. The molecule has 1 heterocycles. The number of thiol groups is 1. The summed E-state index contributed by atoms with van der Waals surface area (Å²) in [4.78, 5) is 15.7. The van der Waals surface area contributed by atoms with E-state index in [2.05, 4.69) is 28.6 Å². The summed E-state index contributed by atoms with van der Waals surface area (Å²) in [6.45, 7) is 6.69. The van der Waals surface area contributed by atoms with Crippen molar-refractivity contribution in [3.05, 3.63) is 53.6 Å². The lowest BCUT2D eigenvalue weighted by atomic mass is 10.1. The number of amides is 1. The highest BCUT2D eigenvalue weighted by Crippen LogP contribution is 2.32. The number of carbonyl (C=O) groups excluding carboxylic acids is 1. The van der Waals surface area contributed by atoms with Gasteiger partial charge in [0.1, 0.15) is 11.0 Å². The smallest absolute Gasteiger partial charge is 0.260 e. The molecule has 0 saturated carbocycles. The van der Waals surface area contributed by atoms with Crippen molar-refractivity contribution in [2.24, 2.45) is 0 Å². The first-order valence-electron chi connectivity index (χ1n) is 9.26. The Morgan fingerprint density at radius 2 is 1.86 bits per heavy atom. The molecule has 4 nitrogen and oxygen atoms in total. The second-order valence-electron chi connectivity index (χ2n) is 5.73. The molecule has 0 spiro atoms. The lowest BCUT2D eigenvalue weighted by Crippen LogP contribution is -2.31. The number of hydrogen-bond acceptors (Lipinski definition) is 3. The molecule has 28 heavy (non-hydrogen) atoms. The minimum Gasteiger partial charge on any atom is -0.308 e. The average molecular weight is 486 g/mol. The molecule has 1 amide bonds. The SMILES string of the molecule is CC.CCBr.CN(c1ccccc1C(=O)N1CCc2cc(S)ccc21)S(C)=O. The summed E-state index contributed by atoms with van der Waals surface area (Å²) >= 11 is 7.50. The van der Waals surface area contributed by atoms with E-state index in [0.717, 1.165) is 27.9 Å². The van der Waals surface area contributed by atoms with Gasteiger partial charge in [0, 0.05) is 35.8 Å². The van der Waals surface area contributed by atoms with Crippen molar-refractivity contribution in [1.82, 2.24) is 0 Å². The van der Waals surface area contributed by atoms with Crippen LogP contribution in [0.25, 0.3) is 0 Å². The third kappa shape index (κ3) is 6.09. The maximum atomic E-state index is 13.0. The number of nitrogens with zero attached hydrogens (tertiary/aromatic N) is 2. The Morgan fingerprint density at radius 1 is 1.25 bits per heavy atom. The van der Waals surface area contributed by atoms with Crippen molar-refractivity contribution in [3.63, 3.8) is 0 Å². The van der Waals surface area contributed by atoms with Crippen molar-refractivity contribution in [2.75, 3.05) is 34.4 Å². The summed E-state index contributed by atoms with van der Waals surface area (Å²) in [5, 5.41) is 1.06. The van der Waals surface area contributed by atoms with Gasteiger partial charge in [0.2, 0.25) is 0 Å². The Kier molecular flexibility index (Phi) is 10.9. The van der Waals surface area contributed by atoms with E-state index in [1.807, 2.05) is 57.2 Å². The Balaban J connectivity index is 0.000000717. The van der Waals surface area contributed by atoms with Gasteiger partial charge in [-0.1, -0.05) is 48.8 Å². The van der Waals surface area contributed by atoms with Crippen LogP contribution in [0.1, 0.15) is 36.7 Å². The molecule has 0 aliphatic carbocycles. The average Bonchev–Trinajstić information content (AvgIpc) is 3.12. The molecular formula is C21H29BrN2O2S2. The molecule has 1 atom stereocenters. The summed E-state index contributed by atoms with van der Waals surface area (Å²) < 4.78 is 13.4. The second kappa shape index (κ2) is 12.3. The molecule has 7 heteroatoms. The van der Waals surface area contributed by atoms with Gasteiger partial charge in [-0.25, -0.2) is 4.21 Å². The fourth-order valence-electron chi connectivity index (χ4n) is 2.81. The highest BCUT2D eigenvalue weighted by Gasteiger charge is 2.27. The lowest BCUT2D eigenvalue weighted by molar-refractivity contribution is 0.0990. The topological polar surface area (TPSA) is 40.6 Å². The maximum Gasteiger partial charge on any atom is 0.260 e. The van der Waals surface area contributed by atoms with E-state index in [1.165, 1.54) is 0 Å². The van der Waals surface area contributed by atoms with Crippen LogP contribution in [0.2, 0.25) is 0 Å². The van der Waals surface area contributed by atoms with Crippen LogP contribution < -0.4 is 9.21 Å². The number of hydrogen-bond donors (Lipinski definition) is 1. The van der Waals surface area contributed by atoms with E-state index in [-0.39, 0.29) is 5.91 Å². The van der Waals surface area contributed by atoms with Gasteiger partial charge in [-0.3, -0.25) is 9.10 Å². The van der Waals surface area contributed by atoms with E-state index in [9.17, 15) is 9.00 Å². The van der Waals surface area contributed by atoms with E-state index < -0.39 is 11.0 Å². The van der Waals surface area contributed by atoms with Gasteiger partial charge in [0.05, 0.1) is 11.3 Å². The highest BCUT2D eigenvalue weighted by atomic mass is 79.9. The van der Waals surface area contributed by atoms with Crippen LogP contribution in [0.15, 0.2) is 47.4 Å². The van der Waals surface area contributed by atoms with Crippen molar-refractivity contribution in [2.45, 2.75) is 32.1 Å². The van der Waals surface area contributed by atoms with Gasteiger partial charge in [-0.2, -0.15) is 0 Å². The van der Waals surface area contributed by atoms with Crippen LogP contribution in [0.3, 0.4) is 0 Å². The van der Waals surface area contributed by atoms with Crippen molar-refractivity contribution in [3.8, 4) is 0 Å². The molecule has 0 radical (unpaired) electrons. The molecule has 1 unspecified atom stereocenters. The lowest BCUT2D eigenvalue weighted by Gasteiger charge is -2.23. The van der Waals surface area contributed by atoms with Crippen molar-refractivity contribution in [1.29, 1.82) is 0 Å². The molecule has 0 fully saturated rings. The largest absolute Gasteiger partial charge is 0.308 e. The third-order valence-electron chi connectivity index (χ3n) is 4.06. The fourth-order valence-corrected chi connectivity index (χ4v) is 3.48. The number of anilines is 2. The summed E-state index contributed by atoms with van der Waals surface area (Å²) in [5.74, 6) is -0.0661. The van der Waals surface area contributed by atoms with Gasteiger partial charge >= 0.3 is 0 Å². The zero-order chi connectivity index (χ0) is 21.3. The summed E-state index contributed by atoms with van der Waals surface area (Å²) in [6, 6.07) is 13.1. The minimum absolute atomic E-state index is 0.0661. The van der Waals surface area contributed by atoms with E-state index >= 15 is 0 Å². The second-order valence-corrected chi connectivity index (χ2v) is 8.76. The predicted octanol–water partition coefficient (Wildman–Crippen LogP) is 5.34. The first-order valence-corrected chi connectivity index (χ1v) is 12.3. The first-order chi connectivity index (χ1) is 13.4. The van der Waals surface area contributed by atoms with E-state index in [0.29, 0.717) is 17.8 Å². The van der Waals surface area contributed by atoms with E-state index in [4.69, 9.17) is 0 Å². The molecule has 1 aliphatic heterocycles. The zero-order valence-electron chi connectivity index (χ0n) is 17.1. The van der Waals surface area contributed by atoms with Gasteiger partial charge < -0.3 is 4.90 Å². The number of fused-ring (bicyclic) bond motifs is 1. The standard InChI is InChI=1S/C17H18N2O2S2.C2H5Br.C2H6/c1-18(23(2)21)16-6-4-3-5-14(16)17(20)19-10-9-12-11-13(22)7-8-15(12)19;1-2-3;1-2/h3-8,11,22H,9-10H2,1-2H3;2H2,1H3;1-2H3. The molecule has 2 aromatic rings. The van der Waals surface area contributed by atoms with Crippen LogP contribution in [0.5, 0.6) is 0 Å². The zero-order valence-corrected chi connectivity index (χ0v) is 20.4. The number of carbonyl (C=O) groups is 1. The predicted molar refractivity (Wildman–Crippen MR) is 129 cm³/mol. The van der Waals surface area contributed by atoms with Gasteiger partial charge in [0.25, 0.3) is 5.91 Å². The number of rotatable bonds is 3. The molecule has 0 N–H and O–H groups in total. The normalized spacial score (nSPS) is 12.8. The van der Waals surface area contributed by atoms with Crippen molar-refractivity contribution < 1.29 is 9.00 Å². The molecule has 3 rings (SSSR count). The van der Waals surface area contributed by atoms with Gasteiger partial charge in [-0.15, -0.1) is 12.6 Å². The first kappa shape index (κ1) is 24.7. The van der Waals surface area contributed by atoms with Crippen LogP contribution in [0.4, 0.5) is 11.4 Å². The van der Waals surface area contributed by atoms with Crippen LogP contribution in [-0.4, -0.2) is 35.3 Å². The molecule has 154 valence electrons. The molecule has 0 saturated heterocycles. The Morgan fingerprint density at radius 3 is 2.46 bits per heavy atom. The van der Waals surface area contributed by atoms with Gasteiger partial charge in [-0.05, 0) is 42.3 Å². The Labute approximate surface area is 185 Å². The van der Waals surface area contributed by atoms with Crippen LogP contribution >= 0.6 is 28.6 Å². The van der Waals surface area contributed by atoms with Crippen molar-refractivity contribution >= 4 is 56.8 Å². The quantitative estimate of drug-likeness (QED) is 0.471. The number of alkyl halides is 1.